The van der Waals surface area contributed by atoms with Crippen LogP contribution in [0.15, 0.2) is 60.9 Å². The summed E-state index contributed by atoms with van der Waals surface area (Å²) in [6.07, 6.45) is 3.37. The van der Waals surface area contributed by atoms with Gasteiger partial charge in [0.05, 0.1) is 13.0 Å². The molecular formula is C19H17F2N3O. The van der Waals surface area contributed by atoms with Crippen LogP contribution >= 0.6 is 0 Å². The van der Waals surface area contributed by atoms with Crippen LogP contribution in [0.5, 0.6) is 0 Å². The first-order valence-electron chi connectivity index (χ1n) is 7.87. The van der Waals surface area contributed by atoms with Gasteiger partial charge in [0.2, 0.25) is 5.91 Å². The number of carbonyl (C=O) groups is 1. The number of nitrogens with one attached hydrogen (secondary N) is 1. The highest BCUT2D eigenvalue weighted by Crippen LogP contribution is 2.13. The Labute approximate surface area is 144 Å². The van der Waals surface area contributed by atoms with Gasteiger partial charge in [-0.3, -0.25) is 9.48 Å². The lowest BCUT2D eigenvalue weighted by Gasteiger charge is -2.11. The van der Waals surface area contributed by atoms with Gasteiger partial charge in [-0.05, 0) is 23.3 Å². The monoisotopic (exact) mass is 341 g/mol. The third-order valence-corrected chi connectivity index (χ3v) is 3.87. The molecule has 0 fully saturated rings. The molecule has 0 aliphatic heterocycles. The van der Waals surface area contributed by atoms with E-state index in [1.54, 1.807) is 10.9 Å². The summed E-state index contributed by atoms with van der Waals surface area (Å²) in [5, 5.41) is 6.93. The third kappa shape index (κ3) is 4.29. The van der Waals surface area contributed by atoms with Crippen LogP contribution in [-0.2, 0) is 24.3 Å². The Balaban J connectivity index is 1.63. The van der Waals surface area contributed by atoms with Gasteiger partial charge in [-0.2, -0.15) is 5.10 Å². The Kier molecular flexibility index (Phi) is 5.18. The molecule has 1 N–H and O–H groups in total. The van der Waals surface area contributed by atoms with Crippen molar-refractivity contribution in [2.75, 3.05) is 0 Å². The fraction of sp³-hybridized carbons (Fsp3) is 0.158. The molecule has 0 atom stereocenters. The van der Waals surface area contributed by atoms with Crippen molar-refractivity contribution in [3.8, 4) is 0 Å². The van der Waals surface area contributed by atoms with Crippen molar-refractivity contribution < 1.29 is 13.6 Å². The molecule has 0 saturated heterocycles. The average molecular weight is 341 g/mol. The summed E-state index contributed by atoms with van der Waals surface area (Å²) in [5.41, 5.74) is 2.02. The molecular weight excluding hydrogens is 324 g/mol. The fourth-order valence-electron chi connectivity index (χ4n) is 2.57. The van der Waals surface area contributed by atoms with E-state index in [0.29, 0.717) is 13.1 Å². The second kappa shape index (κ2) is 7.70. The van der Waals surface area contributed by atoms with Gasteiger partial charge >= 0.3 is 0 Å². The summed E-state index contributed by atoms with van der Waals surface area (Å²) < 4.78 is 28.6. The number of rotatable bonds is 6. The Morgan fingerprint density at radius 1 is 1.00 bits per heavy atom. The van der Waals surface area contributed by atoms with Crippen LogP contribution in [0.3, 0.4) is 0 Å². The largest absolute Gasteiger partial charge is 0.352 e. The highest BCUT2D eigenvalue weighted by molar-refractivity contribution is 5.78. The van der Waals surface area contributed by atoms with Gasteiger partial charge in [0.25, 0.3) is 0 Å². The number of carbonyl (C=O) groups excluding carboxylic acids is 1. The van der Waals surface area contributed by atoms with E-state index in [-0.39, 0.29) is 17.9 Å². The lowest BCUT2D eigenvalue weighted by Crippen LogP contribution is -2.25. The molecule has 4 nitrogen and oxygen atoms in total. The maximum atomic E-state index is 13.6. The van der Waals surface area contributed by atoms with Crippen LogP contribution in [0, 0.1) is 11.6 Å². The van der Waals surface area contributed by atoms with Crippen LogP contribution in [0.4, 0.5) is 8.78 Å². The van der Waals surface area contributed by atoms with E-state index in [1.807, 2.05) is 36.5 Å². The standard InChI is InChI=1S/C19H17F2N3O/c20-17-8-3-7-14(19(17)21)11-18(25)22-12-15-5-1-2-6-16(15)13-24-10-4-9-23-24/h1-10H,11-13H2,(H,22,25). The molecule has 6 heteroatoms. The molecule has 1 aromatic heterocycles. The van der Waals surface area contributed by atoms with Gasteiger partial charge < -0.3 is 5.32 Å². The first kappa shape index (κ1) is 16.8. The van der Waals surface area contributed by atoms with E-state index in [4.69, 9.17) is 0 Å². The predicted octanol–water partition coefficient (Wildman–Crippen LogP) is 3.07. The Morgan fingerprint density at radius 2 is 1.76 bits per heavy atom. The number of amides is 1. The first-order chi connectivity index (χ1) is 12.1. The van der Waals surface area contributed by atoms with E-state index in [1.165, 1.54) is 12.1 Å². The molecule has 0 saturated carbocycles. The fourth-order valence-corrected chi connectivity index (χ4v) is 2.57. The SMILES string of the molecule is O=C(Cc1cccc(F)c1F)NCc1ccccc1Cn1cccn1. The van der Waals surface area contributed by atoms with E-state index < -0.39 is 11.6 Å². The zero-order valence-corrected chi connectivity index (χ0v) is 13.5. The topological polar surface area (TPSA) is 46.9 Å². The van der Waals surface area contributed by atoms with Gasteiger partial charge in [0, 0.05) is 24.5 Å². The van der Waals surface area contributed by atoms with Gasteiger partial charge in [0.1, 0.15) is 0 Å². The predicted molar refractivity (Wildman–Crippen MR) is 89.7 cm³/mol. The highest BCUT2D eigenvalue weighted by atomic mass is 19.2. The summed E-state index contributed by atoms with van der Waals surface area (Å²) in [4.78, 5) is 12.1. The Morgan fingerprint density at radius 3 is 2.52 bits per heavy atom. The molecule has 0 spiro atoms. The van der Waals surface area contributed by atoms with E-state index in [0.717, 1.165) is 17.2 Å². The van der Waals surface area contributed by atoms with Crippen molar-refractivity contribution in [2.24, 2.45) is 0 Å². The van der Waals surface area contributed by atoms with Crippen LogP contribution in [-0.4, -0.2) is 15.7 Å². The number of halogens is 2. The summed E-state index contributed by atoms with van der Waals surface area (Å²) in [6, 6.07) is 13.4. The molecule has 25 heavy (non-hydrogen) atoms. The quantitative estimate of drug-likeness (QED) is 0.749. The van der Waals surface area contributed by atoms with Crippen LogP contribution in [0.1, 0.15) is 16.7 Å². The molecule has 0 aliphatic rings. The zero-order chi connectivity index (χ0) is 17.6. The molecule has 0 radical (unpaired) electrons. The number of hydrogen-bond acceptors (Lipinski definition) is 2. The van der Waals surface area contributed by atoms with Gasteiger partial charge in [-0.15, -0.1) is 0 Å². The zero-order valence-electron chi connectivity index (χ0n) is 13.5. The van der Waals surface area contributed by atoms with Crippen LogP contribution < -0.4 is 5.32 Å². The molecule has 3 aromatic rings. The third-order valence-electron chi connectivity index (χ3n) is 3.87. The minimum atomic E-state index is -0.975. The molecule has 1 heterocycles. The molecule has 0 bridgehead atoms. The van der Waals surface area contributed by atoms with Crippen molar-refractivity contribution in [2.45, 2.75) is 19.5 Å². The number of benzene rings is 2. The van der Waals surface area contributed by atoms with Crippen molar-refractivity contribution in [3.05, 3.63) is 89.2 Å². The van der Waals surface area contributed by atoms with E-state index in [2.05, 4.69) is 10.4 Å². The Hall–Kier alpha value is -3.02. The highest BCUT2D eigenvalue weighted by Gasteiger charge is 2.12. The smallest absolute Gasteiger partial charge is 0.224 e. The van der Waals surface area contributed by atoms with Gasteiger partial charge in [-0.25, -0.2) is 8.78 Å². The Bertz CT molecular complexity index is 863. The maximum Gasteiger partial charge on any atom is 0.224 e. The molecule has 0 unspecified atom stereocenters. The van der Waals surface area contributed by atoms with Crippen molar-refractivity contribution in [3.63, 3.8) is 0 Å². The normalized spacial score (nSPS) is 10.6. The number of aromatic nitrogens is 2. The van der Waals surface area contributed by atoms with E-state index >= 15 is 0 Å². The van der Waals surface area contributed by atoms with Crippen LogP contribution in [0.2, 0.25) is 0 Å². The van der Waals surface area contributed by atoms with E-state index in [9.17, 15) is 13.6 Å². The molecule has 0 aliphatic carbocycles. The molecule has 128 valence electrons. The van der Waals surface area contributed by atoms with Crippen molar-refractivity contribution in [1.82, 2.24) is 15.1 Å². The summed E-state index contributed by atoms with van der Waals surface area (Å²) >= 11 is 0. The minimum Gasteiger partial charge on any atom is -0.352 e. The minimum absolute atomic E-state index is 0.0438. The second-order valence-corrected chi connectivity index (χ2v) is 5.64. The van der Waals surface area contributed by atoms with Gasteiger partial charge in [0.15, 0.2) is 11.6 Å². The average Bonchev–Trinajstić information content (AvgIpc) is 3.11. The summed E-state index contributed by atoms with van der Waals surface area (Å²) in [6.45, 7) is 0.908. The summed E-state index contributed by atoms with van der Waals surface area (Å²) in [5.74, 6) is -2.29. The number of hydrogen-bond donors (Lipinski definition) is 1. The lowest BCUT2D eigenvalue weighted by molar-refractivity contribution is -0.120. The van der Waals surface area contributed by atoms with Crippen LogP contribution in [0.25, 0.3) is 0 Å². The maximum absolute atomic E-state index is 13.6. The molecule has 3 rings (SSSR count). The lowest BCUT2D eigenvalue weighted by atomic mass is 10.1. The molecule has 1 amide bonds. The first-order valence-corrected chi connectivity index (χ1v) is 7.87. The summed E-state index contributed by atoms with van der Waals surface area (Å²) in [7, 11) is 0. The number of nitrogens with zero attached hydrogens (tertiary/aromatic N) is 2. The van der Waals surface area contributed by atoms with Gasteiger partial charge in [-0.1, -0.05) is 36.4 Å². The van der Waals surface area contributed by atoms with Crippen molar-refractivity contribution in [1.29, 1.82) is 0 Å². The molecule has 2 aromatic carbocycles. The van der Waals surface area contributed by atoms with Crippen molar-refractivity contribution >= 4 is 5.91 Å². The second-order valence-electron chi connectivity index (χ2n) is 5.64.